The van der Waals surface area contributed by atoms with Crippen LogP contribution in [0.5, 0.6) is 0 Å². The van der Waals surface area contributed by atoms with Crippen LogP contribution in [0.4, 0.5) is 5.13 Å². The number of carbonyl (C=O) groups excluding carboxylic acids is 1. The van der Waals surface area contributed by atoms with Crippen molar-refractivity contribution in [3.63, 3.8) is 0 Å². The third-order valence-corrected chi connectivity index (χ3v) is 6.00. The zero-order valence-corrected chi connectivity index (χ0v) is 18.0. The standard InChI is InChI=1S/C23H24N4O2S/c1-3-4-5-8-13-27-22(29)17-10-7-6-9-16(17)20(26-27)21(28)25-23-24-18-12-11-15(2)14-19(18)30-23/h6-7,9-12,14H,3-5,8,13H2,1-2H3,(H,24,25,28). The van der Waals surface area contributed by atoms with E-state index in [0.29, 0.717) is 22.4 Å². The number of unbranched alkanes of at least 4 members (excludes halogenated alkanes) is 3. The Balaban J connectivity index is 1.67. The number of thiazole rings is 1. The van der Waals surface area contributed by atoms with Crippen LogP contribution in [0.15, 0.2) is 47.3 Å². The Morgan fingerprint density at radius 1 is 1.10 bits per heavy atom. The maximum Gasteiger partial charge on any atom is 0.278 e. The van der Waals surface area contributed by atoms with E-state index in [4.69, 9.17) is 0 Å². The molecule has 6 nitrogen and oxygen atoms in total. The maximum atomic E-state index is 13.1. The van der Waals surface area contributed by atoms with Gasteiger partial charge < -0.3 is 0 Å². The number of hydrogen-bond donors (Lipinski definition) is 1. The Kier molecular flexibility index (Phi) is 5.90. The number of nitrogens with one attached hydrogen (secondary N) is 1. The number of fused-ring (bicyclic) bond motifs is 2. The molecular weight excluding hydrogens is 396 g/mol. The lowest BCUT2D eigenvalue weighted by Crippen LogP contribution is -2.27. The van der Waals surface area contributed by atoms with E-state index < -0.39 is 0 Å². The van der Waals surface area contributed by atoms with Crippen molar-refractivity contribution in [1.29, 1.82) is 0 Å². The van der Waals surface area contributed by atoms with Gasteiger partial charge in [0.05, 0.1) is 15.6 Å². The molecule has 0 radical (unpaired) electrons. The SMILES string of the molecule is CCCCCCn1nc(C(=O)Nc2nc3ccc(C)cc3s2)c2ccccc2c1=O. The lowest BCUT2D eigenvalue weighted by Gasteiger charge is -2.10. The van der Waals surface area contributed by atoms with Crippen LogP contribution in [-0.2, 0) is 6.54 Å². The molecule has 1 amide bonds. The number of nitrogens with zero attached hydrogens (tertiary/aromatic N) is 3. The monoisotopic (exact) mass is 420 g/mol. The van der Waals surface area contributed by atoms with Gasteiger partial charge in [0.1, 0.15) is 0 Å². The summed E-state index contributed by atoms with van der Waals surface area (Å²) in [5.74, 6) is -0.357. The first-order valence-electron chi connectivity index (χ1n) is 10.2. The van der Waals surface area contributed by atoms with Crippen molar-refractivity contribution >= 4 is 43.4 Å². The third-order valence-electron chi connectivity index (χ3n) is 5.07. The van der Waals surface area contributed by atoms with Crippen LogP contribution in [0.1, 0.15) is 48.7 Å². The molecule has 0 atom stereocenters. The molecule has 0 aliphatic carbocycles. The largest absolute Gasteiger partial charge is 0.296 e. The Bertz CT molecular complexity index is 1280. The molecule has 4 aromatic rings. The van der Waals surface area contributed by atoms with Crippen LogP contribution < -0.4 is 10.9 Å². The molecule has 0 bridgehead atoms. The summed E-state index contributed by atoms with van der Waals surface area (Å²) >= 11 is 1.43. The minimum atomic E-state index is -0.357. The maximum absolute atomic E-state index is 13.1. The second-order valence-corrected chi connectivity index (χ2v) is 8.46. The molecule has 0 unspecified atom stereocenters. The van der Waals surface area contributed by atoms with Gasteiger partial charge in [0.2, 0.25) is 0 Å². The normalized spacial score (nSPS) is 11.3. The number of rotatable bonds is 7. The van der Waals surface area contributed by atoms with E-state index >= 15 is 0 Å². The topological polar surface area (TPSA) is 76.9 Å². The van der Waals surface area contributed by atoms with Gasteiger partial charge in [0, 0.05) is 11.9 Å². The number of aryl methyl sites for hydroxylation is 2. The van der Waals surface area contributed by atoms with Crippen molar-refractivity contribution in [2.24, 2.45) is 0 Å². The second-order valence-electron chi connectivity index (χ2n) is 7.43. The minimum absolute atomic E-state index is 0.158. The van der Waals surface area contributed by atoms with Gasteiger partial charge in [0.25, 0.3) is 11.5 Å². The van der Waals surface area contributed by atoms with Gasteiger partial charge in [-0.1, -0.05) is 61.8 Å². The van der Waals surface area contributed by atoms with Gasteiger partial charge >= 0.3 is 0 Å². The van der Waals surface area contributed by atoms with Gasteiger partial charge in [-0.05, 0) is 37.1 Å². The number of hydrogen-bond acceptors (Lipinski definition) is 5. The summed E-state index contributed by atoms with van der Waals surface area (Å²) in [5.41, 5.74) is 2.08. The van der Waals surface area contributed by atoms with E-state index in [1.807, 2.05) is 37.3 Å². The molecule has 7 heteroatoms. The van der Waals surface area contributed by atoms with Crippen molar-refractivity contribution in [3.8, 4) is 0 Å². The van der Waals surface area contributed by atoms with Gasteiger partial charge in [-0.15, -0.1) is 0 Å². The molecule has 2 aromatic carbocycles. The predicted molar refractivity (Wildman–Crippen MR) is 122 cm³/mol. The summed E-state index contributed by atoms with van der Waals surface area (Å²) in [6.07, 6.45) is 4.13. The zero-order chi connectivity index (χ0) is 21.1. The van der Waals surface area contributed by atoms with E-state index in [-0.39, 0.29) is 17.2 Å². The molecule has 154 valence electrons. The average Bonchev–Trinajstić information content (AvgIpc) is 3.13. The highest BCUT2D eigenvalue weighted by molar-refractivity contribution is 7.22. The fourth-order valence-electron chi connectivity index (χ4n) is 3.48. The average molecular weight is 421 g/mol. The highest BCUT2D eigenvalue weighted by Crippen LogP contribution is 2.27. The molecule has 30 heavy (non-hydrogen) atoms. The minimum Gasteiger partial charge on any atom is -0.296 e. The summed E-state index contributed by atoms with van der Waals surface area (Å²) in [6, 6.07) is 13.1. The van der Waals surface area contributed by atoms with Crippen LogP contribution in [0.25, 0.3) is 21.0 Å². The molecule has 2 aromatic heterocycles. The summed E-state index contributed by atoms with van der Waals surface area (Å²) < 4.78 is 2.44. The van der Waals surface area contributed by atoms with Crippen molar-refractivity contribution in [3.05, 3.63) is 64.1 Å². The van der Waals surface area contributed by atoms with Gasteiger partial charge in [-0.2, -0.15) is 5.10 Å². The molecule has 0 aliphatic heterocycles. The molecule has 2 heterocycles. The highest BCUT2D eigenvalue weighted by atomic mass is 32.1. The molecule has 0 aliphatic rings. The van der Waals surface area contributed by atoms with Crippen molar-refractivity contribution in [1.82, 2.24) is 14.8 Å². The number of aromatic nitrogens is 3. The van der Waals surface area contributed by atoms with Crippen LogP contribution in [-0.4, -0.2) is 20.7 Å². The predicted octanol–water partition coefficient (Wildman–Crippen LogP) is 5.15. The lowest BCUT2D eigenvalue weighted by molar-refractivity contribution is 0.102. The van der Waals surface area contributed by atoms with Crippen LogP contribution in [0.3, 0.4) is 0 Å². The summed E-state index contributed by atoms with van der Waals surface area (Å²) in [7, 11) is 0. The van der Waals surface area contributed by atoms with E-state index in [1.54, 1.807) is 12.1 Å². The molecular formula is C23H24N4O2S. The fourth-order valence-corrected chi connectivity index (χ4v) is 4.44. The fraction of sp³-hybridized carbons (Fsp3) is 0.304. The Hall–Kier alpha value is -3.06. The van der Waals surface area contributed by atoms with E-state index in [9.17, 15) is 9.59 Å². The molecule has 0 spiro atoms. The lowest BCUT2D eigenvalue weighted by atomic mass is 10.1. The number of anilines is 1. The molecule has 0 fully saturated rings. The smallest absolute Gasteiger partial charge is 0.278 e. The van der Waals surface area contributed by atoms with Gasteiger partial charge in [-0.25, -0.2) is 9.67 Å². The molecule has 0 saturated heterocycles. The van der Waals surface area contributed by atoms with Crippen LogP contribution in [0, 0.1) is 6.92 Å². The Morgan fingerprint density at radius 2 is 1.90 bits per heavy atom. The first kappa shape index (κ1) is 20.2. The summed E-state index contributed by atoms with van der Waals surface area (Å²) in [6.45, 7) is 4.67. The quantitative estimate of drug-likeness (QED) is 0.420. The van der Waals surface area contributed by atoms with Gasteiger partial charge in [0.15, 0.2) is 10.8 Å². The van der Waals surface area contributed by atoms with Gasteiger partial charge in [-0.3, -0.25) is 14.9 Å². The summed E-state index contributed by atoms with van der Waals surface area (Å²) in [4.78, 5) is 30.4. The Morgan fingerprint density at radius 3 is 2.70 bits per heavy atom. The third kappa shape index (κ3) is 4.11. The Labute approximate surface area is 178 Å². The number of benzene rings is 2. The van der Waals surface area contributed by atoms with Crippen molar-refractivity contribution in [2.75, 3.05) is 5.32 Å². The van der Waals surface area contributed by atoms with E-state index in [0.717, 1.165) is 41.5 Å². The first-order chi connectivity index (χ1) is 14.6. The van der Waals surface area contributed by atoms with Crippen LogP contribution in [0.2, 0.25) is 0 Å². The first-order valence-corrected chi connectivity index (χ1v) is 11.1. The molecule has 1 N–H and O–H groups in total. The van der Waals surface area contributed by atoms with E-state index in [2.05, 4.69) is 22.3 Å². The molecule has 4 rings (SSSR count). The summed E-state index contributed by atoms with van der Waals surface area (Å²) in [5, 5.41) is 8.89. The molecule has 0 saturated carbocycles. The van der Waals surface area contributed by atoms with Crippen LogP contribution >= 0.6 is 11.3 Å². The zero-order valence-electron chi connectivity index (χ0n) is 17.1. The van der Waals surface area contributed by atoms with E-state index in [1.165, 1.54) is 16.0 Å². The second kappa shape index (κ2) is 8.75. The van der Waals surface area contributed by atoms with Crippen molar-refractivity contribution < 1.29 is 4.79 Å². The number of amides is 1. The van der Waals surface area contributed by atoms with Crippen molar-refractivity contribution in [2.45, 2.75) is 46.1 Å². The number of carbonyl (C=O) groups is 1. The highest BCUT2D eigenvalue weighted by Gasteiger charge is 2.18.